The molecule has 0 radical (unpaired) electrons. The monoisotopic (exact) mass is 1660 g/mol. The number of nitrogens with one attached hydrogen (secondary N) is 10. The maximum Gasteiger partial charge on any atom is 0.264 e. The molecule has 36 heteroatoms. The number of fused-ring (bicyclic) bond motifs is 4. The lowest BCUT2D eigenvalue weighted by Gasteiger charge is -2.28. The van der Waals surface area contributed by atoms with Crippen molar-refractivity contribution in [3.8, 4) is 34.6 Å². The van der Waals surface area contributed by atoms with Gasteiger partial charge in [-0.3, -0.25) is 92.6 Å². The van der Waals surface area contributed by atoms with E-state index in [1.54, 1.807) is 63.1 Å². The number of azide groups is 1. The minimum absolute atomic E-state index is 0.0161. The zero-order valence-electron chi connectivity index (χ0n) is 67.1. The van der Waals surface area contributed by atoms with Crippen molar-refractivity contribution in [2.45, 2.75) is 147 Å². The average Bonchev–Trinajstić information content (AvgIpc) is 1.62. The van der Waals surface area contributed by atoms with E-state index in [0.29, 0.717) is 107 Å². The Labute approximate surface area is 694 Å². The van der Waals surface area contributed by atoms with Gasteiger partial charge >= 0.3 is 0 Å². The molecule has 6 aromatic carbocycles. The lowest BCUT2D eigenvalue weighted by Crippen LogP contribution is -2.54. The molecule has 0 spiro atoms. The molecule has 4 fully saturated rings. The molecule has 6 aliphatic rings. The second-order valence-corrected chi connectivity index (χ2v) is 30.9. The number of aryl methyl sites for hydroxylation is 1. The van der Waals surface area contributed by atoms with Gasteiger partial charge in [0.15, 0.2) is 0 Å². The maximum atomic E-state index is 15.4. The molecule has 9 aromatic rings. The molecule has 628 valence electrons. The Hall–Kier alpha value is -14.5. The first-order chi connectivity index (χ1) is 58.4. The number of benzene rings is 6. The topological polar surface area (TPSA) is 437 Å². The van der Waals surface area contributed by atoms with Crippen LogP contribution in [0.15, 0.2) is 121 Å². The van der Waals surface area contributed by atoms with Crippen molar-refractivity contribution < 1.29 is 75.1 Å². The Bertz CT molecular complexity index is 5930. The Balaban J connectivity index is 0.000000177. The van der Waals surface area contributed by atoms with Crippen LogP contribution < -0.4 is 53.2 Å². The minimum atomic E-state index is -1.09. The summed E-state index contributed by atoms with van der Waals surface area (Å²) in [5.41, 5.74) is 11.3. The third-order valence-electron chi connectivity index (χ3n) is 21.3. The lowest BCUT2D eigenvalue weighted by molar-refractivity contribution is -0.137. The van der Waals surface area contributed by atoms with Gasteiger partial charge in [-0.25, -0.2) is 17.6 Å². The third-order valence-corrected chi connectivity index (χ3v) is 21.3. The van der Waals surface area contributed by atoms with Crippen LogP contribution in [0.5, 0.6) is 0 Å². The fourth-order valence-corrected chi connectivity index (χ4v) is 14.5. The molecule has 3 aromatic heterocycles. The summed E-state index contributed by atoms with van der Waals surface area (Å²) in [6.45, 7) is 8.53. The van der Waals surface area contributed by atoms with E-state index in [1.165, 1.54) is 73.1 Å². The summed E-state index contributed by atoms with van der Waals surface area (Å²) in [4.78, 5) is 164. The summed E-state index contributed by atoms with van der Waals surface area (Å²) in [6, 6.07) is 21.2. The van der Waals surface area contributed by atoms with E-state index in [2.05, 4.69) is 89.4 Å². The van der Waals surface area contributed by atoms with Gasteiger partial charge in [-0.2, -0.15) is 0 Å². The first-order valence-electron chi connectivity index (χ1n) is 39.4. The van der Waals surface area contributed by atoms with Crippen molar-refractivity contribution in [2.75, 3.05) is 55.0 Å². The number of terminal acetylenes is 1. The van der Waals surface area contributed by atoms with Crippen LogP contribution in [0.1, 0.15) is 193 Å². The zero-order chi connectivity index (χ0) is 87.2. The highest BCUT2D eigenvalue weighted by Crippen LogP contribution is 2.40. The van der Waals surface area contributed by atoms with E-state index in [9.17, 15) is 66.3 Å². The van der Waals surface area contributed by atoms with Crippen LogP contribution >= 0.6 is 0 Å². The Morgan fingerprint density at radius 3 is 1.44 bits per heavy atom. The molecule has 2 unspecified atom stereocenters. The third kappa shape index (κ3) is 18.5. The fraction of sp³-hybridized carbons (Fsp3) is 0.326. The standard InChI is InChI=1S/C43H42F2N10O6.C25H25F2N7O2.C18H17N3O4/c1-43(2,51-31-8-6-7-25-36(31)42(61)55(41(25)60)33-13-14-35(56)50-40(33)59)34-21-54(53-52-34)16-5-4-15-47-38(57)24-12-9-22(17-29(24)44)26-18-27-32(19-30(26)45)48-20-28(37(27)46-3)39(58)49-23-10-11-23;1-29-23-18-11-17(21(27)12-22(18)31-13-19(23)25(36)33-15-5-6-15)14-4-7-16(20(26)10-14)24(35)30-8-2-3-9-32-34-28;1-4-18(2,3)20-11-7-5-6-10-14(11)17(25)21(16(10)24)12-8-9-13(22)19-15(12)23/h6-9,12,17-21,23,33,51H,4-5,10-11,13-16H2,1-3H3,(H,46,48)(H,47,57)(H,49,58)(H,50,56,59);4,7,10-13,15H,2-3,5-6,8-9H2,1H3,(H,29,31)(H,30,35)(H,33,36);1,5-7,12,20H,8-9H2,2-3H3,(H,19,22,23). The molecule has 32 nitrogen and oxygen atoms in total. The van der Waals surface area contributed by atoms with Gasteiger partial charge < -0.3 is 42.5 Å². The quantitative estimate of drug-likeness (QED) is 0.00435. The summed E-state index contributed by atoms with van der Waals surface area (Å²) in [5.74, 6) is -6.58. The molecular weight excluding hydrogens is 1580 g/mol. The van der Waals surface area contributed by atoms with Crippen molar-refractivity contribution >= 4 is 115 Å². The highest BCUT2D eigenvalue weighted by molar-refractivity contribution is 6.27. The number of aromatic nitrogens is 5. The van der Waals surface area contributed by atoms with Crippen LogP contribution in [0.3, 0.4) is 0 Å². The number of rotatable bonds is 27. The molecule has 4 aliphatic heterocycles. The van der Waals surface area contributed by atoms with E-state index in [-0.39, 0.29) is 112 Å². The number of pyridine rings is 2. The summed E-state index contributed by atoms with van der Waals surface area (Å²) in [5, 5.41) is 40.9. The van der Waals surface area contributed by atoms with Crippen LogP contribution in [-0.4, -0.2) is 169 Å². The molecule has 0 bridgehead atoms. The van der Waals surface area contributed by atoms with Crippen molar-refractivity contribution in [1.82, 2.24) is 66.7 Å². The van der Waals surface area contributed by atoms with Gasteiger partial charge in [0.1, 0.15) is 41.0 Å². The van der Waals surface area contributed by atoms with Crippen molar-refractivity contribution in [3.05, 3.63) is 200 Å². The van der Waals surface area contributed by atoms with Crippen molar-refractivity contribution in [2.24, 2.45) is 5.11 Å². The normalized spacial score (nSPS) is 16.1. The number of hydrogen-bond donors (Lipinski definition) is 10. The summed E-state index contributed by atoms with van der Waals surface area (Å²) in [7, 11) is 3.32. The molecular formula is C86H84F4N20O12. The van der Waals surface area contributed by atoms with E-state index >= 15 is 8.78 Å². The minimum Gasteiger partial charge on any atom is -0.387 e. The summed E-state index contributed by atoms with van der Waals surface area (Å²) < 4.78 is 62.2. The Morgan fingerprint density at radius 2 is 1.02 bits per heavy atom. The number of unbranched alkanes of at least 4 members (excludes halogenated alkanes) is 2. The highest BCUT2D eigenvalue weighted by atomic mass is 19.1. The van der Waals surface area contributed by atoms with Gasteiger partial charge in [0.25, 0.3) is 47.3 Å². The molecule has 2 aliphatic carbocycles. The van der Waals surface area contributed by atoms with Crippen molar-refractivity contribution in [3.63, 3.8) is 0 Å². The second kappa shape index (κ2) is 36.0. The molecule has 10 N–H and O–H groups in total. The number of hydrogen-bond acceptors (Lipinski definition) is 21. The molecule has 122 heavy (non-hydrogen) atoms. The van der Waals surface area contributed by atoms with Gasteiger partial charge in [0.2, 0.25) is 23.6 Å². The van der Waals surface area contributed by atoms with Gasteiger partial charge in [0, 0.05) is 128 Å². The van der Waals surface area contributed by atoms with Crippen LogP contribution in [0.4, 0.5) is 40.3 Å². The molecule has 12 amide bonds. The molecule has 2 atom stereocenters. The van der Waals surface area contributed by atoms with Gasteiger partial charge in [0.05, 0.1) is 84.2 Å². The maximum absolute atomic E-state index is 15.4. The number of halogens is 4. The smallest absolute Gasteiger partial charge is 0.264 e. The number of carbonyl (C=O) groups excluding carboxylic acids is 12. The predicted molar refractivity (Wildman–Crippen MR) is 441 cm³/mol. The van der Waals surface area contributed by atoms with Crippen LogP contribution in [0.25, 0.3) is 54.5 Å². The first-order valence-corrected chi connectivity index (χ1v) is 39.4. The van der Waals surface area contributed by atoms with Crippen molar-refractivity contribution in [1.29, 1.82) is 0 Å². The van der Waals surface area contributed by atoms with E-state index in [1.807, 2.05) is 13.8 Å². The molecule has 15 rings (SSSR count). The number of amides is 12. The van der Waals surface area contributed by atoms with Crippen LogP contribution in [0.2, 0.25) is 0 Å². The fourth-order valence-electron chi connectivity index (χ4n) is 14.5. The van der Waals surface area contributed by atoms with E-state index in [0.717, 1.165) is 47.6 Å². The van der Waals surface area contributed by atoms with E-state index < -0.39 is 106 Å². The SMILES string of the molecule is C#CC(C)(C)Nc1cccc2c1C(=O)N(C1CCC(=O)NC1=O)C2=O.CNc1c(C(=O)NC2CC2)cnc2cc(F)c(-c3ccc(C(=O)NCCCCN=[N+]=[N-])c(F)c3)cc12.CNc1c(C(=O)NC2CC2)cnc2cc(F)c(-c3ccc(C(=O)NCCCCn4cc(C(C)(C)Nc5cccc6c5C(=O)N(C5CCC(=O)NC5=O)C6=O)nn4)c(F)c3)cc12. The number of nitrogens with zero attached hydrogens (tertiary/aromatic N) is 10. The van der Waals surface area contributed by atoms with E-state index in [4.69, 9.17) is 12.0 Å². The highest BCUT2D eigenvalue weighted by Gasteiger charge is 2.48. The molecule has 7 heterocycles. The molecule has 2 saturated heterocycles. The second-order valence-electron chi connectivity index (χ2n) is 30.9. The summed E-state index contributed by atoms with van der Waals surface area (Å²) >= 11 is 0. The lowest BCUT2D eigenvalue weighted by atomic mass is 9.99. The zero-order valence-corrected chi connectivity index (χ0v) is 67.1. The largest absolute Gasteiger partial charge is 0.387 e. The molecule has 2 saturated carbocycles. The number of piperidine rings is 2. The van der Waals surface area contributed by atoms with Crippen LogP contribution in [0, 0.1) is 35.6 Å². The van der Waals surface area contributed by atoms with Gasteiger partial charge in [-0.15, -0.1) is 11.5 Å². The van der Waals surface area contributed by atoms with Gasteiger partial charge in [-0.05, 0) is 169 Å². The predicted octanol–water partition coefficient (Wildman–Crippen LogP) is 10.5. The average molecular weight is 1670 g/mol. The Morgan fingerprint density at radius 1 is 0.557 bits per heavy atom. The number of anilines is 4. The van der Waals surface area contributed by atoms with Crippen LogP contribution in [-0.2, 0) is 31.3 Å². The number of carbonyl (C=O) groups is 12. The first kappa shape index (κ1) is 85.4. The summed E-state index contributed by atoms with van der Waals surface area (Å²) in [6.07, 6.45) is 16.3. The van der Waals surface area contributed by atoms with Gasteiger partial charge in [-0.1, -0.05) is 40.5 Å². The number of imide groups is 4. The Kier molecular flexibility index (Phi) is 25.2.